The van der Waals surface area contributed by atoms with E-state index in [0.29, 0.717) is 27.6 Å². The lowest BCUT2D eigenvalue weighted by molar-refractivity contribution is -0.133. The van der Waals surface area contributed by atoms with Crippen LogP contribution in [0.5, 0.6) is 0 Å². The van der Waals surface area contributed by atoms with Crippen molar-refractivity contribution >= 4 is 0 Å². The van der Waals surface area contributed by atoms with Gasteiger partial charge in [0.05, 0.1) is 6.10 Å². The fourth-order valence-electron chi connectivity index (χ4n) is 10.5. The van der Waals surface area contributed by atoms with Crippen molar-refractivity contribution in [1.82, 2.24) is 0 Å². The molecule has 2 spiro atoms. The molecule has 5 aliphatic carbocycles. The van der Waals surface area contributed by atoms with Gasteiger partial charge < -0.3 is 5.11 Å². The molecule has 0 aliphatic heterocycles. The lowest BCUT2D eigenvalue weighted by Crippen LogP contribution is -2.55. The van der Waals surface area contributed by atoms with Crippen LogP contribution in [0.1, 0.15) is 112 Å². The molecule has 0 aromatic heterocycles. The third-order valence-corrected chi connectivity index (χ3v) is 12.6. The van der Waals surface area contributed by atoms with E-state index in [4.69, 9.17) is 0 Å². The van der Waals surface area contributed by atoms with Crippen LogP contribution in [0.2, 0.25) is 0 Å². The zero-order chi connectivity index (χ0) is 21.5. The quantitative estimate of drug-likeness (QED) is 0.457. The van der Waals surface area contributed by atoms with Crippen molar-refractivity contribution in [3.63, 3.8) is 0 Å². The number of hydrogen-bond donors (Lipinski definition) is 1. The Hall–Kier alpha value is -0.300. The molecule has 0 amide bonds. The normalized spacial score (nSPS) is 52.8. The molecular weight excluding hydrogens is 364 g/mol. The molecule has 0 heterocycles. The molecule has 1 nitrogen and oxygen atoms in total. The second kappa shape index (κ2) is 6.85. The van der Waals surface area contributed by atoms with Gasteiger partial charge in [-0.05, 0) is 128 Å². The summed E-state index contributed by atoms with van der Waals surface area (Å²) in [5.41, 5.74) is 3.83. The van der Waals surface area contributed by atoms with Crippen molar-refractivity contribution in [3.8, 4) is 0 Å². The summed E-state index contributed by atoms with van der Waals surface area (Å²) in [4.78, 5) is 0. The number of hydrogen-bond acceptors (Lipinski definition) is 1. The van der Waals surface area contributed by atoms with Crippen molar-refractivity contribution in [3.05, 3.63) is 12.2 Å². The van der Waals surface area contributed by atoms with Crippen LogP contribution in [0, 0.1) is 51.2 Å². The minimum Gasteiger partial charge on any atom is -0.393 e. The van der Waals surface area contributed by atoms with E-state index in [1.165, 1.54) is 69.8 Å². The van der Waals surface area contributed by atoms with Crippen molar-refractivity contribution in [2.24, 2.45) is 51.2 Å². The van der Waals surface area contributed by atoms with Gasteiger partial charge in [0.25, 0.3) is 0 Å². The fourth-order valence-corrected chi connectivity index (χ4v) is 10.5. The van der Waals surface area contributed by atoms with E-state index in [1.807, 2.05) is 0 Å². The van der Waals surface area contributed by atoms with Gasteiger partial charge in [-0.1, -0.05) is 46.8 Å². The van der Waals surface area contributed by atoms with Gasteiger partial charge >= 0.3 is 0 Å². The molecule has 1 N–H and O–H groups in total. The van der Waals surface area contributed by atoms with Crippen LogP contribution in [0.25, 0.3) is 0 Å². The molecular formula is C29H48O. The van der Waals surface area contributed by atoms with Gasteiger partial charge in [0, 0.05) is 0 Å². The van der Waals surface area contributed by atoms with Gasteiger partial charge in [0.2, 0.25) is 0 Å². The standard InChI is InChI=1S/C29H48O/c1-19(2)20(3)7-8-21(4)24-12-13-27(6)25-10-9-22-17-23(30)11-14-28(22)18-29(25,28)16-15-26(24,27)5/h19,21-25,30H,3,7-18H2,1-2,4-6H3/t21-,22-,23+,24-,25-,26-,27+,28+,29-/m1/s1. The lowest BCUT2D eigenvalue weighted by atomic mass is 9.43. The van der Waals surface area contributed by atoms with Gasteiger partial charge in [-0.3, -0.25) is 0 Å². The largest absolute Gasteiger partial charge is 0.393 e. The molecule has 0 bridgehead atoms. The van der Waals surface area contributed by atoms with Crippen LogP contribution in [-0.4, -0.2) is 11.2 Å². The molecule has 30 heavy (non-hydrogen) atoms. The predicted molar refractivity (Wildman–Crippen MR) is 126 cm³/mol. The Morgan fingerprint density at radius 2 is 1.70 bits per heavy atom. The molecule has 170 valence electrons. The Morgan fingerprint density at radius 1 is 0.933 bits per heavy atom. The molecule has 5 rings (SSSR count). The Bertz CT molecular complexity index is 709. The lowest BCUT2D eigenvalue weighted by Gasteiger charge is -2.61. The van der Waals surface area contributed by atoms with Crippen molar-refractivity contribution < 1.29 is 5.11 Å². The van der Waals surface area contributed by atoms with Gasteiger partial charge in [-0.15, -0.1) is 0 Å². The maximum absolute atomic E-state index is 10.3. The summed E-state index contributed by atoms with van der Waals surface area (Å²) >= 11 is 0. The van der Waals surface area contributed by atoms with E-state index in [0.717, 1.165) is 36.5 Å². The van der Waals surface area contributed by atoms with E-state index in [9.17, 15) is 5.11 Å². The summed E-state index contributed by atoms with van der Waals surface area (Å²) in [6.45, 7) is 17.0. The first-order chi connectivity index (χ1) is 14.1. The second-order valence-electron chi connectivity index (χ2n) is 13.6. The predicted octanol–water partition coefficient (Wildman–Crippen LogP) is 7.78. The molecule has 0 aromatic rings. The average Bonchev–Trinajstić information content (AvgIpc) is 3.28. The first-order valence-corrected chi connectivity index (χ1v) is 13.5. The highest BCUT2D eigenvalue weighted by atomic mass is 16.3. The van der Waals surface area contributed by atoms with Crippen LogP contribution < -0.4 is 0 Å². The van der Waals surface area contributed by atoms with Crippen LogP contribution in [0.3, 0.4) is 0 Å². The van der Waals surface area contributed by atoms with E-state index < -0.39 is 0 Å². The summed E-state index contributed by atoms with van der Waals surface area (Å²) in [6, 6.07) is 0. The van der Waals surface area contributed by atoms with Crippen LogP contribution in [-0.2, 0) is 0 Å². The molecule has 5 fully saturated rings. The zero-order valence-corrected chi connectivity index (χ0v) is 20.6. The first-order valence-electron chi connectivity index (χ1n) is 13.5. The molecule has 0 unspecified atom stereocenters. The van der Waals surface area contributed by atoms with Crippen molar-refractivity contribution in [2.75, 3.05) is 0 Å². The number of rotatable bonds is 5. The zero-order valence-electron chi connectivity index (χ0n) is 20.6. The summed E-state index contributed by atoms with van der Waals surface area (Å²) < 4.78 is 0. The molecule has 0 saturated heterocycles. The maximum atomic E-state index is 10.3. The van der Waals surface area contributed by atoms with E-state index >= 15 is 0 Å². The number of aliphatic hydroxyl groups excluding tert-OH is 1. The van der Waals surface area contributed by atoms with Crippen molar-refractivity contribution in [1.29, 1.82) is 0 Å². The Morgan fingerprint density at radius 3 is 2.43 bits per heavy atom. The van der Waals surface area contributed by atoms with Gasteiger partial charge in [0.15, 0.2) is 0 Å². The highest BCUT2D eigenvalue weighted by molar-refractivity contribution is 5.29. The average molecular weight is 413 g/mol. The van der Waals surface area contributed by atoms with E-state index in [-0.39, 0.29) is 6.10 Å². The summed E-state index contributed by atoms with van der Waals surface area (Å²) in [7, 11) is 0. The molecule has 5 saturated carbocycles. The number of fused-ring (bicyclic) bond motifs is 2. The second-order valence-corrected chi connectivity index (χ2v) is 13.6. The SMILES string of the molecule is C=C(CC[C@@H](C)[C@H]1CC[C@@]2(C)[C@H]3CC[C@@H]4C[C@@H](O)CC[C@]45C[C@]35CC[C@]12C)C(C)C. The molecule has 0 radical (unpaired) electrons. The van der Waals surface area contributed by atoms with Gasteiger partial charge in [-0.25, -0.2) is 0 Å². The summed E-state index contributed by atoms with van der Waals surface area (Å²) in [6.07, 6.45) is 16.4. The van der Waals surface area contributed by atoms with Crippen LogP contribution >= 0.6 is 0 Å². The minimum atomic E-state index is -0.00318. The van der Waals surface area contributed by atoms with Crippen molar-refractivity contribution in [2.45, 2.75) is 118 Å². The smallest absolute Gasteiger partial charge is 0.0543 e. The molecule has 9 atom stereocenters. The minimum absolute atomic E-state index is 0.00318. The third-order valence-electron chi connectivity index (χ3n) is 12.6. The van der Waals surface area contributed by atoms with Gasteiger partial charge in [0.1, 0.15) is 0 Å². The monoisotopic (exact) mass is 412 g/mol. The summed E-state index contributed by atoms with van der Waals surface area (Å²) in [5.74, 6) is 4.16. The highest BCUT2D eigenvalue weighted by Gasteiger charge is 2.80. The molecule has 0 aromatic carbocycles. The Balaban J connectivity index is 1.36. The maximum Gasteiger partial charge on any atom is 0.0543 e. The Labute approximate surface area is 186 Å². The topological polar surface area (TPSA) is 20.2 Å². The highest BCUT2D eigenvalue weighted by Crippen LogP contribution is 2.87. The van der Waals surface area contributed by atoms with Crippen LogP contribution in [0.15, 0.2) is 12.2 Å². The molecule has 1 heteroatoms. The number of aliphatic hydroxyl groups is 1. The molecule has 5 aliphatic rings. The van der Waals surface area contributed by atoms with Crippen LogP contribution in [0.4, 0.5) is 0 Å². The Kier molecular flexibility index (Phi) is 4.92. The first kappa shape index (κ1) is 21.5. The third kappa shape index (κ3) is 2.63. The summed E-state index contributed by atoms with van der Waals surface area (Å²) in [5, 5.41) is 10.3. The van der Waals surface area contributed by atoms with E-state index in [2.05, 4.69) is 41.2 Å². The number of allylic oxidation sites excluding steroid dienone is 1. The van der Waals surface area contributed by atoms with E-state index in [1.54, 1.807) is 0 Å². The fraction of sp³-hybridized carbons (Fsp3) is 0.931. The van der Waals surface area contributed by atoms with Gasteiger partial charge in [-0.2, -0.15) is 0 Å².